The molecule has 1 atom stereocenters. The molecule has 0 aliphatic carbocycles. The van der Waals surface area contributed by atoms with Gasteiger partial charge in [-0.25, -0.2) is 0 Å². The summed E-state index contributed by atoms with van der Waals surface area (Å²) in [6.07, 6.45) is 3.57. The summed E-state index contributed by atoms with van der Waals surface area (Å²) in [5, 5.41) is 9.13. The molecule has 0 radical (unpaired) electrons. The highest BCUT2D eigenvalue weighted by Crippen LogP contribution is 2.16. The van der Waals surface area contributed by atoms with E-state index >= 15 is 0 Å². The Kier molecular flexibility index (Phi) is 6.60. The van der Waals surface area contributed by atoms with Crippen LogP contribution in [-0.2, 0) is 4.79 Å². The van der Waals surface area contributed by atoms with Gasteiger partial charge in [0.15, 0.2) is 0 Å². The average Bonchev–Trinajstić information content (AvgIpc) is 2.37. The summed E-state index contributed by atoms with van der Waals surface area (Å²) in [7, 11) is 2.09. The highest BCUT2D eigenvalue weighted by atomic mass is 16.3. The lowest BCUT2D eigenvalue weighted by molar-refractivity contribution is -0.136. The Bertz CT molecular complexity index is 253. The summed E-state index contributed by atoms with van der Waals surface area (Å²) in [4.78, 5) is 16.3. The summed E-state index contributed by atoms with van der Waals surface area (Å²) >= 11 is 0. The third-order valence-corrected chi connectivity index (χ3v) is 3.67. The Morgan fingerprint density at radius 2 is 2.11 bits per heavy atom. The Labute approximate surface area is 110 Å². The molecule has 106 valence electrons. The van der Waals surface area contributed by atoms with E-state index in [1.54, 1.807) is 4.90 Å². The van der Waals surface area contributed by atoms with Gasteiger partial charge in [0.05, 0.1) is 12.6 Å². The lowest BCUT2D eigenvalue weighted by Crippen LogP contribution is -2.52. The molecule has 1 rings (SSSR count). The van der Waals surface area contributed by atoms with Crippen molar-refractivity contribution in [3.63, 3.8) is 0 Å². The van der Waals surface area contributed by atoms with E-state index in [0.29, 0.717) is 13.0 Å². The zero-order valence-corrected chi connectivity index (χ0v) is 11.6. The van der Waals surface area contributed by atoms with Crippen LogP contribution >= 0.6 is 0 Å². The van der Waals surface area contributed by atoms with Crippen molar-refractivity contribution in [2.45, 2.75) is 44.7 Å². The van der Waals surface area contributed by atoms with Gasteiger partial charge < -0.3 is 20.6 Å². The number of piperidine rings is 1. The van der Waals surface area contributed by atoms with Gasteiger partial charge in [-0.3, -0.25) is 4.79 Å². The van der Waals surface area contributed by atoms with Crippen LogP contribution in [0.1, 0.15) is 32.6 Å². The predicted octanol–water partition coefficient (Wildman–Crippen LogP) is 0.0289. The number of nitrogens with zero attached hydrogens (tertiary/aromatic N) is 2. The number of rotatable bonds is 6. The Morgan fingerprint density at radius 3 is 2.61 bits per heavy atom. The van der Waals surface area contributed by atoms with Crippen LogP contribution in [0, 0.1) is 0 Å². The zero-order valence-electron chi connectivity index (χ0n) is 11.6. The molecule has 1 amide bonds. The van der Waals surface area contributed by atoms with E-state index < -0.39 is 6.04 Å². The number of aliphatic hydroxyl groups is 1. The highest BCUT2D eigenvalue weighted by molar-refractivity contribution is 5.82. The molecular weight excluding hydrogens is 230 g/mol. The van der Waals surface area contributed by atoms with Gasteiger partial charge in [0.25, 0.3) is 0 Å². The van der Waals surface area contributed by atoms with Crippen molar-refractivity contribution in [2.75, 3.05) is 33.3 Å². The first-order valence-corrected chi connectivity index (χ1v) is 6.95. The summed E-state index contributed by atoms with van der Waals surface area (Å²) in [6.45, 7) is 4.45. The molecule has 0 unspecified atom stereocenters. The Hall–Kier alpha value is -0.650. The maximum Gasteiger partial charge on any atom is 0.239 e. The minimum atomic E-state index is -0.416. The SMILES string of the molecule is CCC[C@@H](N)C(=O)N(CCO)C1CCN(C)CC1. The van der Waals surface area contributed by atoms with Crippen molar-refractivity contribution >= 4 is 5.91 Å². The first-order chi connectivity index (χ1) is 8.60. The van der Waals surface area contributed by atoms with Crippen LogP contribution in [0.4, 0.5) is 0 Å². The third-order valence-electron chi connectivity index (χ3n) is 3.67. The van der Waals surface area contributed by atoms with Gasteiger partial charge in [-0.15, -0.1) is 0 Å². The van der Waals surface area contributed by atoms with Crippen LogP contribution in [0.3, 0.4) is 0 Å². The number of hydrogen-bond acceptors (Lipinski definition) is 4. The molecule has 0 saturated carbocycles. The van der Waals surface area contributed by atoms with Crippen LogP contribution < -0.4 is 5.73 Å². The monoisotopic (exact) mass is 257 g/mol. The summed E-state index contributed by atoms with van der Waals surface area (Å²) in [5.74, 6) is 0.000420. The summed E-state index contributed by atoms with van der Waals surface area (Å²) in [6, 6.07) is -0.176. The van der Waals surface area contributed by atoms with E-state index in [-0.39, 0.29) is 18.6 Å². The number of amides is 1. The topological polar surface area (TPSA) is 69.8 Å². The van der Waals surface area contributed by atoms with E-state index in [4.69, 9.17) is 10.8 Å². The fraction of sp³-hybridized carbons (Fsp3) is 0.923. The molecule has 1 heterocycles. The molecule has 0 bridgehead atoms. The van der Waals surface area contributed by atoms with Gasteiger partial charge in [-0.05, 0) is 39.4 Å². The van der Waals surface area contributed by atoms with E-state index in [1.807, 2.05) is 6.92 Å². The second-order valence-corrected chi connectivity index (χ2v) is 5.18. The maximum atomic E-state index is 12.3. The molecule has 1 aliphatic rings. The maximum absolute atomic E-state index is 12.3. The number of nitrogens with two attached hydrogens (primary N) is 1. The van der Waals surface area contributed by atoms with Crippen molar-refractivity contribution in [2.24, 2.45) is 5.73 Å². The van der Waals surface area contributed by atoms with Crippen molar-refractivity contribution in [1.29, 1.82) is 0 Å². The van der Waals surface area contributed by atoms with Crippen molar-refractivity contribution in [3.8, 4) is 0 Å². The zero-order chi connectivity index (χ0) is 13.5. The van der Waals surface area contributed by atoms with Crippen molar-refractivity contribution in [1.82, 2.24) is 9.80 Å². The minimum absolute atomic E-state index is 0.000420. The van der Waals surface area contributed by atoms with Gasteiger partial charge >= 0.3 is 0 Å². The molecule has 0 spiro atoms. The normalized spacial score (nSPS) is 19.8. The highest BCUT2D eigenvalue weighted by Gasteiger charge is 2.29. The van der Waals surface area contributed by atoms with Crippen LogP contribution in [0.15, 0.2) is 0 Å². The van der Waals surface area contributed by atoms with E-state index in [9.17, 15) is 4.79 Å². The van der Waals surface area contributed by atoms with Crippen LogP contribution in [0.5, 0.6) is 0 Å². The number of carbonyl (C=O) groups is 1. The smallest absolute Gasteiger partial charge is 0.239 e. The van der Waals surface area contributed by atoms with Gasteiger partial charge in [-0.2, -0.15) is 0 Å². The largest absolute Gasteiger partial charge is 0.395 e. The molecule has 3 N–H and O–H groups in total. The van der Waals surface area contributed by atoms with Crippen molar-refractivity contribution in [3.05, 3.63) is 0 Å². The number of likely N-dealkylation sites (tertiary alicyclic amines) is 1. The number of carbonyl (C=O) groups excluding carboxylic acids is 1. The standard InChI is InChI=1S/C13H27N3O2/c1-3-4-12(14)13(18)16(9-10-17)11-5-7-15(2)8-6-11/h11-12,17H,3-10,14H2,1-2H3/t12-/m1/s1. The van der Waals surface area contributed by atoms with Crippen LogP contribution in [-0.4, -0.2) is 66.2 Å². The van der Waals surface area contributed by atoms with Gasteiger partial charge in [-0.1, -0.05) is 13.3 Å². The molecule has 1 saturated heterocycles. The first-order valence-electron chi connectivity index (χ1n) is 6.95. The van der Waals surface area contributed by atoms with Gasteiger partial charge in [0.1, 0.15) is 0 Å². The number of aliphatic hydroxyl groups excluding tert-OH is 1. The third kappa shape index (κ3) is 4.23. The van der Waals surface area contributed by atoms with Crippen molar-refractivity contribution < 1.29 is 9.90 Å². The van der Waals surface area contributed by atoms with Crippen LogP contribution in [0.25, 0.3) is 0 Å². The lowest BCUT2D eigenvalue weighted by Gasteiger charge is -2.38. The fourth-order valence-electron chi connectivity index (χ4n) is 2.53. The van der Waals surface area contributed by atoms with Crippen LogP contribution in [0.2, 0.25) is 0 Å². The van der Waals surface area contributed by atoms with Gasteiger partial charge in [0.2, 0.25) is 5.91 Å². The average molecular weight is 257 g/mol. The molecule has 0 aromatic carbocycles. The van der Waals surface area contributed by atoms with E-state index in [1.165, 1.54) is 0 Å². The molecule has 0 aromatic rings. The van der Waals surface area contributed by atoms with Gasteiger partial charge in [0, 0.05) is 12.6 Å². The first kappa shape index (κ1) is 15.4. The molecule has 18 heavy (non-hydrogen) atoms. The minimum Gasteiger partial charge on any atom is -0.395 e. The molecule has 1 fully saturated rings. The lowest BCUT2D eigenvalue weighted by atomic mass is 10.0. The Morgan fingerprint density at radius 1 is 1.50 bits per heavy atom. The summed E-state index contributed by atoms with van der Waals surface area (Å²) < 4.78 is 0. The second-order valence-electron chi connectivity index (χ2n) is 5.18. The Balaban J connectivity index is 2.60. The molecule has 5 nitrogen and oxygen atoms in total. The van der Waals surface area contributed by atoms with E-state index in [2.05, 4.69) is 11.9 Å². The second kappa shape index (κ2) is 7.71. The molecule has 1 aliphatic heterocycles. The predicted molar refractivity (Wildman–Crippen MR) is 72.2 cm³/mol. The number of hydrogen-bond donors (Lipinski definition) is 2. The molecular formula is C13H27N3O2. The summed E-state index contributed by atoms with van der Waals surface area (Å²) in [5.41, 5.74) is 5.91. The van der Waals surface area contributed by atoms with E-state index in [0.717, 1.165) is 32.4 Å². The molecule has 5 heteroatoms. The molecule has 0 aromatic heterocycles. The fourth-order valence-corrected chi connectivity index (χ4v) is 2.53. The quantitative estimate of drug-likeness (QED) is 0.704.